The fourth-order valence-corrected chi connectivity index (χ4v) is 2.40. The van der Waals surface area contributed by atoms with E-state index in [0.29, 0.717) is 12.2 Å². The third-order valence-electron chi connectivity index (χ3n) is 3.74. The van der Waals surface area contributed by atoms with Crippen molar-refractivity contribution in [2.24, 2.45) is 0 Å². The van der Waals surface area contributed by atoms with Gasteiger partial charge in [-0.1, -0.05) is 70.8 Å². The number of carboxylic acids is 1. The Balaban J connectivity index is 0. The minimum Gasteiger partial charge on any atom is -0.876 e. The van der Waals surface area contributed by atoms with Gasteiger partial charge in [-0.2, -0.15) is 0 Å². The van der Waals surface area contributed by atoms with Gasteiger partial charge < -0.3 is 10.2 Å². The maximum absolute atomic E-state index is 11.6. The van der Waals surface area contributed by atoms with Crippen molar-refractivity contribution in [2.75, 3.05) is 0 Å². The van der Waals surface area contributed by atoms with Crippen molar-refractivity contribution in [1.82, 2.24) is 0 Å². The van der Waals surface area contributed by atoms with Crippen LogP contribution in [0.1, 0.15) is 96.8 Å². The van der Waals surface area contributed by atoms with E-state index in [4.69, 9.17) is 5.11 Å². The molecule has 0 bridgehead atoms. The van der Waals surface area contributed by atoms with Crippen molar-refractivity contribution in [1.29, 1.82) is 0 Å². The molecule has 0 amide bonds. The fraction of sp³-hybridized carbons (Fsp3) is 0.833. The quantitative estimate of drug-likeness (QED) is 0.284. The van der Waals surface area contributed by atoms with Gasteiger partial charge in [-0.15, -0.1) is 5.76 Å². The molecule has 124 valence electrons. The molecule has 0 spiro atoms. The van der Waals surface area contributed by atoms with Crippen molar-refractivity contribution < 1.29 is 44.6 Å². The molecule has 0 aliphatic rings. The van der Waals surface area contributed by atoms with Crippen molar-refractivity contribution in [3.05, 3.63) is 11.8 Å². The van der Waals surface area contributed by atoms with Crippen molar-refractivity contribution >= 4 is 5.97 Å². The second kappa shape index (κ2) is 19.1. The number of hydrogen-bond donors (Lipinski definition) is 1. The Kier molecular flexibility index (Phi) is 21.0. The Hall–Kier alpha value is 0.0100. The molecule has 0 saturated carbocycles. The van der Waals surface area contributed by atoms with E-state index >= 15 is 0 Å². The second-order valence-electron chi connectivity index (χ2n) is 5.89. The number of aliphatic carboxylic acids is 1. The summed E-state index contributed by atoms with van der Waals surface area (Å²) in [6.45, 7) is 2.18. The van der Waals surface area contributed by atoms with Gasteiger partial charge in [-0.3, -0.25) is 4.79 Å². The van der Waals surface area contributed by atoms with Crippen molar-refractivity contribution in [2.45, 2.75) is 96.8 Å². The summed E-state index contributed by atoms with van der Waals surface area (Å²) in [7, 11) is 0. The molecule has 0 aliphatic heterocycles. The maximum atomic E-state index is 11.6. The molecule has 22 heavy (non-hydrogen) atoms. The Morgan fingerprint density at radius 1 is 0.864 bits per heavy atom. The first-order chi connectivity index (χ1) is 10.2. The predicted molar refractivity (Wildman–Crippen MR) is 86.0 cm³/mol. The number of hydrogen-bond acceptors (Lipinski definition) is 2. The Morgan fingerprint density at radius 2 is 1.36 bits per heavy atom. The molecule has 0 aromatic carbocycles. The average molecular weight is 320 g/mol. The molecule has 0 fully saturated rings. The predicted octanol–water partition coefficient (Wildman–Crippen LogP) is 1.80. The third kappa shape index (κ3) is 20.0. The largest absolute Gasteiger partial charge is 1.00 e. The van der Waals surface area contributed by atoms with E-state index in [1.807, 2.05) is 6.08 Å². The molecule has 0 heterocycles. The van der Waals surface area contributed by atoms with Gasteiger partial charge in [0.2, 0.25) is 0 Å². The van der Waals surface area contributed by atoms with E-state index < -0.39 is 5.97 Å². The van der Waals surface area contributed by atoms with Gasteiger partial charge in [0, 0.05) is 6.42 Å². The van der Waals surface area contributed by atoms with E-state index in [2.05, 4.69) is 6.92 Å². The Labute approximate surface area is 158 Å². The van der Waals surface area contributed by atoms with Crippen LogP contribution < -0.4 is 34.7 Å². The number of allylic oxidation sites excluding steroid dienone is 2. The third-order valence-corrected chi connectivity index (χ3v) is 3.74. The summed E-state index contributed by atoms with van der Waals surface area (Å²) in [4.78, 5) is 10.3. The van der Waals surface area contributed by atoms with E-state index in [1.54, 1.807) is 0 Å². The fourth-order valence-electron chi connectivity index (χ4n) is 2.40. The molecule has 1 N–H and O–H groups in total. The zero-order chi connectivity index (χ0) is 15.8. The first-order valence-electron chi connectivity index (χ1n) is 8.74. The molecule has 3 nitrogen and oxygen atoms in total. The minimum absolute atomic E-state index is 0. The Bertz CT molecular complexity index is 278. The summed E-state index contributed by atoms with van der Waals surface area (Å²) in [6, 6.07) is 0. The minimum atomic E-state index is -0.690. The zero-order valence-corrected chi connectivity index (χ0v) is 16.7. The SMILES string of the molecule is CCCCCC/C([O-])=C/CCCCCCCCCC(=O)O.[Na+]. The normalized spacial score (nSPS) is 11.2. The maximum Gasteiger partial charge on any atom is 1.00 e. The van der Waals surface area contributed by atoms with E-state index in [-0.39, 0.29) is 29.6 Å². The standard InChI is InChI=1S/C18H34O3.Na/c1-2-3-4-11-14-17(19)15-12-9-7-5-6-8-10-13-16-18(20)21;/h15,19H,2-14,16H2,1H3,(H,20,21);/q;+1/p-1/b17-15-;. The van der Waals surface area contributed by atoms with Crippen molar-refractivity contribution in [3.63, 3.8) is 0 Å². The average Bonchev–Trinajstić information content (AvgIpc) is 2.45. The molecule has 0 radical (unpaired) electrons. The van der Waals surface area contributed by atoms with Crippen LogP contribution in [0.15, 0.2) is 11.8 Å². The summed E-state index contributed by atoms with van der Waals surface area (Å²) < 4.78 is 0. The number of rotatable bonds is 15. The van der Waals surface area contributed by atoms with E-state index in [9.17, 15) is 9.90 Å². The molecule has 0 saturated heterocycles. The van der Waals surface area contributed by atoms with Gasteiger partial charge in [0.1, 0.15) is 0 Å². The molecule has 0 aliphatic carbocycles. The van der Waals surface area contributed by atoms with E-state index in [0.717, 1.165) is 44.9 Å². The van der Waals surface area contributed by atoms with Crippen LogP contribution in [0.2, 0.25) is 0 Å². The molecular formula is C18H33NaO3. The topological polar surface area (TPSA) is 60.4 Å². The monoisotopic (exact) mass is 320 g/mol. The number of carbonyl (C=O) groups is 1. The van der Waals surface area contributed by atoms with Crippen molar-refractivity contribution in [3.8, 4) is 0 Å². The summed E-state index contributed by atoms with van der Waals surface area (Å²) in [6.07, 6.45) is 16.1. The van der Waals surface area contributed by atoms with Crippen LogP contribution in [0.5, 0.6) is 0 Å². The van der Waals surface area contributed by atoms with Crippen LogP contribution in [-0.4, -0.2) is 11.1 Å². The van der Waals surface area contributed by atoms with Crippen LogP contribution in [0, 0.1) is 0 Å². The summed E-state index contributed by atoms with van der Waals surface area (Å²) >= 11 is 0. The second-order valence-corrected chi connectivity index (χ2v) is 5.89. The first kappa shape index (κ1) is 24.3. The molecule has 0 atom stereocenters. The number of carboxylic acid groups (broad SMARTS) is 1. The van der Waals surface area contributed by atoms with Crippen LogP contribution in [-0.2, 0) is 4.79 Å². The Morgan fingerprint density at radius 3 is 1.95 bits per heavy atom. The molecular weight excluding hydrogens is 287 g/mol. The number of unbranched alkanes of at least 4 members (excludes halogenated alkanes) is 10. The van der Waals surface area contributed by atoms with E-state index in [1.165, 1.54) is 38.5 Å². The molecule has 0 aromatic heterocycles. The summed E-state index contributed by atoms with van der Waals surface area (Å²) in [5, 5.41) is 20.1. The smallest absolute Gasteiger partial charge is 0.876 e. The van der Waals surface area contributed by atoms with Crippen LogP contribution in [0.4, 0.5) is 0 Å². The zero-order valence-electron chi connectivity index (χ0n) is 14.7. The molecule has 4 heteroatoms. The summed E-state index contributed by atoms with van der Waals surface area (Å²) in [5.41, 5.74) is 0. The van der Waals surface area contributed by atoms with Gasteiger partial charge in [0.15, 0.2) is 0 Å². The van der Waals surface area contributed by atoms with Gasteiger partial charge in [0.25, 0.3) is 0 Å². The molecule has 0 rings (SSSR count). The van der Waals surface area contributed by atoms with Gasteiger partial charge in [-0.25, -0.2) is 0 Å². The van der Waals surface area contributed by atoms with Gasteiger partial charge in [-0.05, 0) is 25.7 Å². The molecule has 0 aromatic rings. The van der Waals surface area contributed by atoms with Crippen LogP contribution in [0.25, 0.3) is 0 Å². The van der Waals surface area contributed by atoms with Crippen LogP contribution >= 0.6 is 0 Å². The van der Waals surface area contributed by atoms with Gasteiger partial charge >= 0.3 is 35.5 Å². The van der Waals surface area contributed by atoms with Gasteiger partial charge in [0.05, 0.1) is 0 Å². The first-order valence-corrected chi connectivity index (χ1v) is 8.74. The molecule has 0 unspecified atom stereocenters. The van der Waals surface area contributed by atoms with Crippen LogP contribution in [0.3, 0.4) is 0 Å². The summed E-state index contributed by atoms with van der Waals surface area (Å²) in [5.74, 6) is -0.371.